The van der Waals surface area contributed by atoms with Crippen LogP contribution in [0.2, 0.25) is 0 Å². The van der Waals surface area contributed by atoms with Gasteiger partial charge < -0.3 is 10.6 Å². The van der Waals surface area contributed by atoms with Crippen molar-refractivity contribution in [2.24, 2.45) is 0 Å². The average molecular weight is 312 g/mol. The predicted octanol–water partition coefficient (Wildman–Crippen LogP) is 2.54. The number of benzene rings is 1. The first kappa shape index (κ1) is 16.2. The van der Waals surface area contributed by atoms with E-state index in [0.29, 0.717) is 10.9 Å². The smallest absolute Gasteiger partial charge is 0.324 e. The number of nitrogen functional groups attached to an aromatic ring is 1. The minimum atomic E-state index is -0.679. The van der Waals surface area contributed by atoms with Crippen LogP contribution in [0.4, 0.5) is 11.5 Å². The number of rotatable bonds is 6. The fourth-order valence-electron chi connectivity index (χ4n) is 2.33. The average Bonchev–Trinajstić information content (AvgIpc) is 2.52. The fourth-order valence-corrected chi connectivity index (χ4v) is 2.33. The van der Waals surface area contributed by atoms with Crippen LogP contribution in [0.5, 0.6) is 0 Å². The van der Waals surface area contributed by atoms with Crippen molar-refractivity contribution in [2.45, 2.75) is 0 Å². The highest BCUT2D eigenvalue weighted by molar-refractivity contribution is 6.11. The molecule has 2 N–H and O–H groups in total. The molecule has 0 bridgehead atoms. The molecule has 2 aromatic rings. The van der Waals surface area contributed by atoms with Gasteiger partial charge in [-0.1, -0.05) is 30.4 Å². The summed E-state index contributed by atoms with van der Waals surface area (Å²) < 4.78 is 0. The van der Waals surface area contributed by atoms with Crippen molar-refractivity contribution in [3.63, 3.8) is 0 Å². The summed E-state index contributed by atoms with van der Waals surface area (Å²) in [5.41, 5.74) is 5.59. The minimum absolute atomic E-state index is 0.0678. The molecule has 1 amide bonds. The lowest BCUT2D eigenvalue weighted by atomic mass is 10.1. The van der Waals surface area contributed by atoms with Gasteiger partial charge in [-0.3, -0.25) is 14.9 Å². The predicted molar refractivity (Wildman–Crippen MR) is 89.1 cm³/mol. The standard InChI is InChI=1S/C16H16N4O3/c1-3-9-19(10-4-2)16(21)13-11-7-5-6-8-12(11)18-15(17)14(13)20(22)23/h3-8H,1-2,9-10H2,(H2,17,18). The lowest BCUT2D eigenvalue weighted by Crippen LogP contribution is -2.32. The molecule has 7 heteroatoms. The number of anilines is 1. The quantitative estimate of drug-likeness (QED) is 0.501. The third kappa shape index (κ3) is 3.03. The molecule has 0 aliphatic heterocycles. The first-order chi connectivity index (χ1) is 11.0. The molecule has 0 spiro atoms. The van der Waals surface area contributed by atoms with Crippen LogP contribution in [0.15, 0.2) is 49.6 Å². The van der Waals surface area contributed by atoms with Gasteiger partial charge in [0.05, 0.1) is 10.4 Å². The zero-order chi connectivity index (χ0) is 17.0. The molecule has 0 radical (unpaired) electrons. The third-order valence-corrected chi connectivity index (χ3v) is 3.28. The zero-order valence-electron chi connectivity index (χ0n) is 12.4. The first-order valence-corrected chi connectivity index (χ1v) is 6.85. The number of hydrogen-bond acceptors (Lipinski definition) is 5. The van der Waals surface area contributed by atoms with Gasteiger partial charge in [0.25, 0.3) is 5.91 Å². The van der Waals surface area contributed by atoms with Crippen LogP contribution in [0.1, 0.15) is 10.4 Å². The maximum absolute atomic E-state index is 12.9. The Kier molecular flexibility index (Phi) is 4.70. The van der Waals surface area contributed by atoms with E-state index < -0.39 is 16.5 Å². The number of carbonyl (C=O) groups excluding carboxylic acids is 1. The second-order valence-corrected chi connectivity index (χ2v) is 4.78. The van der Waals surface area contributed by atoms with Crippen molar-refractivity contribution in [2.75, 3.05) is 18.8 Å². The lowest BCUT2D eigenvalue weighted by molar-refractivity contribution is -0.384. The van der Waals surface area contributed by atoms with E-state index in [1.165, 1.54) is 4.90 Å². The van der Waals surface area contributed by atoms with Crippen molar-refractivity contribution in [3.05, 3.63) is 65.3 Å². The first-order valence-electron chi connectivity index (χ1n) is 6.85. The molecule has 0 saturated heterocycles. The maximum atomic E-state index is 12.9. The minimum Gasteiger partial charge on any atom is -0.378 e. The SMILES string of the molecule is C=CCN(CC=C)C(=O)c1c([N+](=O)[O-])c(N)nc2ccccc12. The summed E-state index contributed by atoms with van der Waals surface area (Å²) in [6.07, 6.45) is 3.08. The van der Waals surface area contributed by atoms with E-state index in [0.717, 1.165) is 0 Å². The number of pyridine rings is 1. The number of nitrogens with two attached hydrogens (primary N) is 1. The molecular formula is C16H16N4O3. The molecule has 1 aromatic heterocycles. The van der Waals surface area contributed by atoms with Crippen molar-refractivity contribution in [1.29, 1.82) is 0 Å². The highest BCUT2D eigenvalue weighted by atomic mass is 16.6. The summed E-state index contributed by atoms with van der Waals surface area (Å²) in [5.74, 6) is -0.795. The number of amides is 1. The van der Waals surface area contributed by atoms with Gasteiger partial charge in [-0.05, 0) is 6.07 Å². The third-order valence-electron chi connectivity index (χ3n) is 3.28. The van der Waals surface area contributed by atoms with E-state index >= 15 is 0 Å². The molecular weight excluding hydrogens is 296 g/mol. The Morgan fingerprint density at radius 2 is 1.91 bits per heavy atom. The molecule has 7 nitrogen and oxygen atoms in total. The van der Waals surface area contributed by atoms with E-state index in [1.54, 1.807) is 36.4 Å². The Hall–Kier alpha value is -3.22. The molecule has 0 saturated carbocycles. The Labute approximate surface area is 132 Å². The summed E-state index contributed by atoms with van der Waals surface area (Å²) in [6.45, 7) is 7.66. The maximum Gasteiger partial charge on any atom is 0.324 e. The Bertz CT molecular complexity index is 791. The number of nitrogens with zero attached hydrogens (tertiary/aromatic N) is 3. The number of fused-ring (bicyclic) bond motifs is 1. The number of para-hydroxylation sites is 1. The van der Waals surface area contributed by atoms with Crippen LogP contribution in [0.25, 0.3) is 10.9 Å². The van der Waals surface area contributed by atoms with Gasteiger partial charge in [0, 0.05) is 18.5 Å². The van der Waals surface area contributed by atoms with E-state index in [4.69, 9.17) is 5.73 Å². The summed E-state index contributed by atoms with van der Waals surface area (Å²) in [5, 5.41) is 11.8. The molecule has 0 atom stereocenters. The van der Waals surface area contributed by atoms with Gasteiger partial charge in [-0.2, -0.15) is 0 Å². The number of hydrogen-bond donors (Lipinski definition) is 1. The molecule has 1 heterocycles. The van der Waals surface area contributed by atoms with Crippen LogP contribution in [0, 0.1) is 10.1 Å². The van der Waals surface area contributed by atoms with Gasteiger partial charge >= 0.3 is 5.69 Å². The van der Waals surface area contributed by atoms with Crippen molar-refractivity contribution in [3.8, 4) is 0 Å². The summed E-state index contributed by atoms with van der Waals surface area (Å²) >= 11 is 0. The topological polar surface area (TPSA) is 102 Å². The second kappa shape index (κ2) is 6.69. The van der Waals surface area contributed by atoms with Crippen LogP contribution in [-0.4, -0.2) is 33.8 Å². The van der Waals surface area contributed by atoms with Crippen LogP contribution in [0.3, 0.4) is 0 Å². The van der Waals surface area contributed by atoms with E-state index in [9.17, 15) is 14.9 Å². The largest absolute Gasteiger partial charge is 0.378 e. The van der Waals surface area contributed by atoms with Crippen molar-refractivity contribution < 1.29 is 9.72 Å². The number of nitro groups is 1. The van der Waals surface area contributed by atoms with E-state index in [1.807, 2.05) is 0 Å². The van der Waals surface area contributed by atoms with Crippen LogP contribution >= 0.6 is 0 Å². The van der Waals surface area contributed by atoms with Gasteiger partial charge in [-0.25, -0.2) is 4.98 Å². The Morgan fingerprint density at radius 3 is 2.48 bits per heavy atom. The Balaban J connectivity index is 2.76. The van der Waals surface area contributed by atoms with E-state index in [2.05, 4.69) is 18.1 Å². The van der Waals surface area contributed by atoms with Gasteiger partial charge in [-0.15, -0.1) is 13.2 Å². The molecule has 2 rings (SSSR count). The van der Waals surface area contributed by atoms with Crippen LogP contribution < -0.4 is 5.73 Å². The highest BCUT2D eigenvalue weighted by Gasteiger charge is 2.30. The van der Waals surface area contributed by atoms with Crippen molar-refractivity contribution >= 4 is 28.3 Å². The molecule has 0 unspecified atom stereocenters. The molecule has 0 aliphatic carbocycles. The van der Waals surface area contributed by atoms with Gasteiger partial charge in [0.2, 0.25) is 5.82 Å². The summed E-state index contributed by atoms with van der Waals surface area (Å²) in [6, 6.07) is 6.67. The molecule has 0 aliphatic rings. The monoisotopic (exact) mass is 312 g/mol. The molecule has 1 aromatic carbocycles. The molecule has 23 heavy (non-hydrogen) atoms. The zero-order valence-corrected chi connectivity index (χ0v) is 12.4. The molecule has 118 valence electrons. The second-order valence-electron chi connectivity index (χ2n) is 4.78. The number of carbonyl (C=O) groups is 1. The molecule has 0 fully saturated rings. The van der Waals surface area contributed by atoms with Gasteiger partial charge in [0.15, 0.2) is 0 Å². The Morgan fingerprint density at radius 1 is 1.30 bits per heavy atom. The lowest BCUT2D eigenvalue weighted by Gasteiger charge is -2.20. The van der Waals surface area contributed by atoms with Gasteiger partial charge in [0.1, 0.15) is 5.56 Å². The van der Waals surface area contributed by atoms with Crippen LogP contribution in [-0.2, 0) is 0 Å². The van der Waals surface area contributed by atoms with E-state index in [-0.39, 0.29) is 24.5 Å². The fraction of sp³-hybridized carbons (Fsp3) is 0.125. The normalized spacial score (nSPS) is 10.3. The number of aromatic nitrogens is 1. The summed E-state index contributed by atoms with van der Waals surface area (Å²) in [7, 11) is 0. The highest BCUT2D eigenvalue weighted by Crippen LogP contribution is 2.32. The summed E-state index contributed by atoms with van der Waals surface area (Å²) in [4.78, 5) is 29.0. The van der Waals surface area contributed by atoms with Crippen molar-refractivity contribution in [1.82, 2.24) is 9.88 Å².